The molecule has 2 aromatic rings. The number of rotatable bonds is 5. The predicted octanol–water partition coefficient (Wildman–Crippen LogP) is 2.41. The average Bonchev–Trinajstić information content (AvgIpc) is 3.29. The Labute approximate surface area is 122 Å². The van der Waals surface area contributed by atoms with E-state index in [-0.39, 0.29) is 6.54 Å². The molecule has 3 rings (SSSR count). The van der Waals surface area contributed by atoms with Gasteiger partial charge in [-0.3, -0.25) is 9.78 Å². The molecule has 0 radical (unpaired) electrons. The zero-order valence-electron chi connectivity index (χ0n) is 11.5. The Morgan fingerprint density at radius 3 is 2.86 bits per heavy atom. The molecule has 1 heterocycles. The van der Waals surface area contributed by atoms with Crippen LogP contribution in [0.25, 0.3) is 10.9 Å². The number of anilines is 1. The van der Waals surface area contributed by atoms with Gasteiger partial charge in [0.05, 0.1) is 16.8 Å². The molecular formula is C16H15N3O2. The summed E-state index contributed by atoms with van der Waals surface area (Å²) in [7, 11) is 0. The van der Waals surface area contributed by atoms with Gasteiger partial charge in [-0.05, 0) is 24.8 Å². The summed E-state index contributed by atoms with van der Waals surface area (Å²) in [6, 6.07) is 9.66. The van der Waals surface area contributed by atoms with Crippen LogP contribution in [0.2, 0.25) is 0 Å². The molecule has 1 aromatic heterocycles. The van der Waals surface area contributed by atoms with E-state index in [4.69, 9.17) is 0 Å². The Morgan fingerprint density at radius 1 is 1.43 bits per heavy atom. The number of para-hydroxylation sites is 1. The molecule has 1 fully saturated rings. The van der Waals surface area contributed by atoms with Gasteiger partial charge in [0.1, 0.15) is 12.6 Å². The molecule has 1 aromatic carbocycles. The highest BCUT2D eigenvalue weighted by Gasteiger charge is 2.27. The van der Waals surface area contributed by atoms with Gasteiger partial charge in [-0.15, -0.1) is 0 Å². The fraction of sp³-hybridized carbons (Fsp3) is 0.312. The van der Waals surface area contributed by atoms with E-state index in [1.807, 2.05) is 29.2 Å². The molecule has 5 heteroatoms. The third-order valence-electron chi connectivity index (χ3n) is 3.69. The van der Waals surface area contributed by atoms with Crippen LogP contribution in [0.15, 0.2) is 30.5 Å². The number of carbonyl (C=O) groups is 1. The molecular weight excluding hydrogens is 266 g/mol. The van der Waals surface area contributed by atoms with Crippen LogP contribution in [0.3, 0.4) is 0 Å². The van der Waals surface area contributed by atoms with Crippen molar-refractivity contribution in [1.82, 2.24) is 4.98 Å². The van der Waals surface area contributed by atoms with Crippen LogP contribution in [0.4, 0.5) is 5.69 Å². The highest BCUT2D eigenvalue weighted by molar-refractivity contribution is 5.95. The second-order valence-corrected chi connectivity index (χ2v) is 5.37. The van der Waals surface area contributed by atoms with Crippen molar-refractivity contribution in [1.29, 1.82) is 5.26 Å². The van der Waals surface area contributed by atoms with Gasteiger partial charge in [-0.25, -0.2) is 0 Å². The van der Waals surface area contributed by atoms with E-state index in [1.54, 1.807) is 0 Å². The molecule has 0 unspecified atom stereocenters. The minimum absolute atomic E-state index is 0.0980. The fourth-order valence-electron chi connectivity index (χ4n) is 2.56. The van der Waals surface area contributed by atoms with Crippen LogP contribution in [-0.4, -0.2) is 29.1 Å². The Morgan fingerprint density at radius 2 is 2.19 bits per heavy atom. The molecule has 1 saturated carbocycles. The minimum Gasteiger partial charge on any atom is -0.480 e. The molecule has 1 aliphatic rings. The van der Waals surface area contributed by atoms with Crippen molar-refractivity contribution < 1.29 is 9.90 Å². The Bertz CT molecular complexity index is 732. The number of aromatic nitrogens is 1. The summed E-state index contributed by atoms with van der Waals surface area (Å²) in [6.45, 7) is 0.578. The van der Waals surface area contributed by atoms with Crippen molar-refractivity contribution in [3.63, 3.8) is 0 Å². The summed E-state index contributed by atoms with van der Waals surface area (Å²) >= 11 is 0. The molecule has 0 atom stereocenters. The molecule has 1 N–H and O–H groups in total. The number of nitrogens with zero attached hydrogens (tertiary/aromatic N) is 3. The van der Waals surface area contributed by atoms with Gasteiger partial charge >= 0.3 is 5.97 Å². The van der Waals surface area contributed by atoms with E-state index in [1.165, 1.54) is 6.20 Å². The second-order valence-electron chi connectivity index (χ2n) is 5.37. The van der Waals surface area contributed by atoms with Crippen molar-refractivity contribution in [2.24, 2.45) is 5.92 Å². The van der Waals surface area contributed by atoms with Gasteiger partial charge in [-0.2, -0.15) is 5.26 Å². The van der Waals surface area contributed by atoms with Crippen LogP contribution in [0.1, 0.15) is 18.4 Å². The summed E-state index contributed by atoms with van der Waals surface area (Å²) in [5.41, 5.74) is 1.89. The molecule has 0 saturated heterocycles. The molecule has 106 valence electrons. The van der Waals surface area contributed by atoms with Crippen LogP contribution < -0.4 is 4.90 Å². The number of aliphatic carboxylic acids is 1. The van der Waals surface area contributed by atoms with E-state index in [0.717, 1.165) is 23.7 Å². The predicted molar refractivity (Wildman–Crippen MR) is 79.0 cm³/mol. The lowest BCUT2D eigenvalue weighted by molar-refractivity contribution is -0.135. The lowest BCUT2D eigenvalue weighted by Crippen LogP contribution is -2.32. The summed E-state index contributed by atoms with van der Waals surface area (Å²) < 4.78 is 0. The van der Waals surface area contributed by atoms with Crippen LogP contribution in [-0.2, 0) is 4.79 Å². The standard InChI is InChI=1S/C16H15N3O2/c17-7-12-8-18-14-4-2-1-3-13(14)16(12)19(10-15(20)21)9-11-5-6-11/h1-4,8,11H,5-6,9-10H2,(H,20,21). The average molecular weight is 281 g/mol. The van der Waals surface area contributed by atoms with Crippen LogP contribution in [0.5, 0.6) is 0 Å². The normalized spacial score (nSPS) is 13.9. The lowest BCUT2D eigenvalue weighted by atomic mass is 10.1. The summed E-state index contributed by atoms with van der Waals surface area (Å²) in [5, 5.41) is 19.4. The maximum absolute atomic E-state index is 11.2. The molecule has 0 spiro atoms. The third kappa shape index (κ3) is 2.79. The van der Waals surface area contributed by atoms with Crippen molar-refractivity contribution >= 4 is 22.6 Å². The highest BCUT2D eigenvalue weighted by atomic mass is 16.4. The Kier molecular flexibility index (Phi) is 3.44. The zero-order valence-corrected chi connectivity index (χ0v) is 11.5. The monoisotopic (exact) mass is 281 g/mol. The highest BCUT2D eigenvalue weighted by Crippen LogP contribution is 2.35. The quantitative estimate of drug-likeness (QED) is 0.910. The SMILES string of the molecule is N#Cc1cnc2ccccc2c1N(CC(=O)O)CC1CC1. The first kappa shape index (κ1) is 13.4. The van der Waals surface area contributed by atoms with Crippen molar-refractivity contribution in [2.45, 2.75) is 12.8 Å². The maximum atomic E-state index is 11.2. The van der Waals surface area contributed by atoms with E-state index in [0.29, 0.717) is 23.7 Å². The first-order valence-corrected chi connectivity index (χ1v) is 6.93. The van der Waals surface area contributed by atoms with Gasteiger partial charge in [-0.1, -0.05) is 18.2 Å². The number of hydrogen-bond acceptors (Lipinski definition) is 4. The number of carboxylic acids is 1. The van der Waals surface area contributed by atoms with E-state index >= 15 is 0 Å². The summed E-state index contributed by atoms with van der Waals surface area (Å²) in [6.07, 6.45) is 3.78. The largest absolute Gasteiger partial charge is 0.480 e. The Hall–Kier alpha value is -2.61. The molecule has 0 amide bonds. The van der Waals surface area contributed by atoms with Gasteiger partial charge < -0.3 is 10.0 Å². The first-order chi connectivity index (χ1) is 10.2. The van der Waals surface area contributed by atoms with Gasteiger partial charge in [0.2, 0.25) is 0 Å². The maximum Gasteiger partial charge on any atom is 0.323 e. The number of nitriles is 1. The molecule has 21 heavy (non-hydrogen) atoms. The number of fused-ring (bicyclic) bond motifs is 1. The first-order valence-electron chi connectivity index (χ1n) is 6.93. The summed E-state index contributed by atoms with van der Waals surface area (Å²) in [4.78, 5) is 17.3. The van der Waals surface area contributed by atoms with Gasteiger partial charge in [0, 0.05) is 18.1 Å². The van der Waals surface area contributed by atoms with E-state index in [9.17, 15) is 15.2 Å². The molecule has 0 aliphatic heterocycles. The molecule has 1 aliphatic carbocycles. The molecule has 5 nitrogen and oxygen atoms in total. The van der Waals surface area contributed by atoms with Gasteiger partial charge in [0.15, 0.2) is 0 Å². The fourth-order valence-corrected chi connectivity index (χ4v) is 2.56. The summed E-state index contributed by atoms with van der Waals surface area (Å²) in [5.74, 6) is -0.358. The van der Waals surface area contributed by atoms with Crippen LogP contribution >= 0.6 is 0 Å². The number of hydrogen-bond donors (Lipinski definition) is 1. The Balaban J connectivity index is 2.13. The van der Waals surface area contributed by atoms with Crippen LogP contribution in [0, 0.1) is 17.2 Å². The smallest absolute Gasteiger partial charge is 0.323 e. The molecule has 0 bridgehead atoms. The number of benzene rings is 1. The van der Waals surface area contributed by atoms with E-state index < -0.39 is 5.97 Å². The number of pyridine rings is 1. The second kappa shape index (κ2) is 5.41. The topological polar surface area (TPSA) is 77.2 Å². The van der Waals surface area contributed by atoms with E-state index in [2.05, 4.69) is 11.1 Å². The van der Waals surface area contributed by atoms with Crippen molar-refractivity contribution in [3.05, 3.63) is 36.0 Å². The number of carboxylic acid groups (broad SMARTS) is 1. The lowest BCUT2D eigenvalue weighted by Gasteiger charge is -2.25. The van der Waals surface area contributed by atoms with Crippen molar-refractivity contribution in [3.8, 4) is 6.07 Å². The zero-order chi connectivity index (χ0) is 14.8. The van der Waals surface area contributed by atoms with Crippen molar-refractivity contribution in [2.75, 3.05) is 18.0 Å². The van der Waals surface area contributed by atoms with Gasteiger partial charge in [0.25, 0.3) is 0 Å². The minimum atomic E-state index is -0.888. The third-order valence-corrected chi connectivity index (χ3v) is 3.69.